The third-order valence-electron chi connectivity index (χ3n) is 4.19. The summed E-state index contributed by atoms with van der Waals surface area (Å²) in [7, 11) is 0. The SMILES string of the molecule is O=C1CCc2cc(OCC(O)Cc3ccccc3C(F)(F)F)ccc2N1. The number of rotatable bonds is 5. The molecule has 1 atom stereocenters. The second-order valence-electron chi connectivity index (χ2n) is 6.19. The molecule has 1 aliphatic heterocycles. The van der Waals surface area contributed by atoms with E-state index in [1.165, 1.54) is 18.2 Å². The molecule has 0 aromatic heterocycles. The van der Waals surface area contributed by atoms with Crippen LogP contribution in [0.4, 0.5) is 18.9 Å². The number of aliphatic hydroxyl groups is 1. The van der Waals surface area contributed by atoms with Gasteiger partial charge in [0.2, 0.25) is 5.91 Å². The first-order valence-corrected chi connectivity index (χ1v) is 8.21. The first kappa shape index (κ1) is 18.3. The fraction of sp³-hybridized carbons (Fsp3) is 0.316. The number of alkyl halides is 3. The Bertz CT molecular complexity index is 805. The largest absolute Gasteiger partial charge is 0.491 e. The van der Waals surface area contributed by atoms with Crippen molar-refractivity contribution in [2.75, 3.05) is 11.9 Å². The van der Waals surface area contributed by atoms with E-state index in [1.807, 2.05) is 0 Å². The predicted octanol–water partition coefficient (Wildman–Crippen LogP) is 3.57. The van der Waals surface area contributed by atoms with Crippen LogP contribution in [-0.2, 0) is 23.8 Å². The van der Waals surface area contributed by atoms with Crippen LogP contribution in [0.2, 0.25) is 0 Å². The van der Waals surface area contributed by atoms with Crippen LogP contribution in [0.3, 0.4) is 0 Å². The molecular weight excluding hydrogens is 347 g/mol. The molecule has 1 aliphatic rings. The fourth-order valence-corrected chi connectivity index (χ4v) is 2.93. The number of fused-ring (bicyclic) bond motifs is 1. The molecule has 1 unspecified atom stereocenters. The molecule has 2 aromatic carbocycles. The lowest BCUT2D eigenvalue weighted by atomic mass is 10.0. The molecule has 0 spiro atoms. The average molecular weight is 365 g/mol. The minimum atomic E-state index is -4.46. The zero-order valence-corrected chi connectivity index (χ0v) is 13.8. The first-order valence-electron chi connectivity index (χ1n) is 8.21. The average Bonchev–Trinajstić information content (AvgIpc) is 2.59. The molecule has 0 bridgehead atoms. The van der Waals surface area contributed by atoms with Crippen molar-refractivity contribution in [2.45, 2.75) is 31.5 Å². The van der Waals surface area contributed by atoms with Gasteiger partial charge in [-0.2, -0.15) is 13.2 Å². The number of hydrogen-bond acceptors (Lipinski definition) is 3. The number of anilines is 1. The van der Waals surface area contributed by atoms with E-state index in [1.54, 1.807) is 18.2 Å². The highest BCUT2D eigenvalue weighted by atomic mass is 19.4. The molecule has 2 N–H and O–H groups in total. The van der Waals surface area contributed by atoms with Crippen LogP contribution in [-0.4, -0.2) is 23.7 Å². The monoisotopic (exact) mass is 365 g/mol. The second-order valence-corrected chi connectivity index (χ2v) is 6.19. The van der Waals surface area contributed by atoms with Crippen molar-refractivity contribution >= 4 is 11.6 Å². The van der Waals surface area contributed by atoms with Gasteiger partial charge >= 0.3 is 6.18 Å². The van der Waals surface area contributed by atoms with Gasteiger partial charge in [0.15, 0.2) is 0 Å². The Hall–Kier alpha value is -2.54. The summed E-state index contributed by atoms with van der Waals surface area (Å²) in [5.41, 5.74) is 0.945. The van der Waals surface area contributed by atoms with E-state index in [0.29, 0.717) is 18.6 Å². The summed E-state index contributed by atoms with van der Waals surface area (Å²) in [6.07, 6.45) is -4.70. The van der Waals surface area contributed by atoms with E-state index in [-0.39, 0.29) is 24.5 Å². The predicted molar refractivity (Wildman–Crippen MR) is 90.0 cm³/mol. The van der Waals surface area contributed by atoms with E-state index in [4.69, 9.17) is 4.74 Å². The Morgan fingerprint density at radius 2 is 1.92 bits per heavy atom. The van der Waals surface area contributed by atoms with Crippen LogP contribution in [0.25, 0.3) is 0 Å². The summed E-state index contributed by atoms with van der Waals surface area (Å²) < 4.78 is 44.5. The van der Waals surface area contributed by atoms with Gasteiger partial charge in [-0.3, -0.25) is 4.79 Å². The summed E-state index contributed by atoms with van der Waals surface area (Å²) in [6, 6.07) is 10.3. The van der Waals surface area contributed by atoms with Gasteiger partial charge in [0.1, 0.15) is 12.4 Å². The van der Waals surface area contributed by atoms with Crippen molar-refractivity contribution in [3.8, 4) is 5.75 Å². The van der Waals surface area contributed by atoms with Crippen molar-refractivity contribution in [3.63, 3.8) is 0 Å². The van der Waals surface area contributed by atoms with Gasteiger partial charge in [-0.25, -0.2) is 0 Å². The maximum atomic E-state index is 13.0. The molecule has 0 saturated heterocycles. The maximum Gasteiger partial charge on any atom is 0.416 e. The number of aliphatic hydroxyl groups excluding tert-OH is 1. The highest BCUT2D eigenvalue weighted by Gasteiger charge is 2.33. The van der Waals surface area contributed by atoms with Gasteiger partial charge in [-0.05, 0) is 41.8 Å². The van der Waals surface area contributed by atoms with Gasteiger partial charge in [-0.1, -0.05) is 18.2 Å². The quantitative estimate of drug-likeness (QED) is 0.852. The highest BCUT2D eigenvalue weighted by Crippen LogP contribution is 2.32. The summed E-state index contributed by atoms with van der Waals surface area (Å²) in [6.45, 7) is -0.128. The lowest BCUT2D eigenvalue weighted by Gasteiger charge is -2.19. The number of carbonyl (C=O) groups is 1. The normalized spacial score (nSPS) is 15.2. The third kappa shape index (κ3) is 4.35. The minimum absolute atomic E-state index is 0.0317. The molecule has 0 fully saturated rings. The zero-order chi connectivity index (χ0) is 18.7. The van der Waals surface area contributed by atoms with Crippen LogP contribution in [0.15, 0.2) is 42.5 Å². The van der Waals surface area contributed by atoms with E-state index >= 15 is 0 Å². The van der Waals surface area contributed by atoms with Crippen LogP contribution < -0.4 is 10.1 Å². The molecule has 7 heteroatoms. The highest BCUT2D eigenvalue weighted by molar-refractivity contribution is 5.93. The minimum Gasteiger partial charge on any atom is -0.491 e. The fourth-order valence-electron chi connectivity index (χ4n) is 2.93. The van der Waals surface area contributed by atoms with Gasteiger partial charge in [0.05, 0.1) is 11.7 Å². The van der Waals surface area contributed by atoms with Gasteiger partial charge < -0.3 is 15.2 Å². The topological polar surface area (TPSA) is 58.6 Å². The molecule has 138 valence electrons. The number of ether oxygens (including phenoxy) is 1. The number of aryl methyl sites for hydroxylation is 1. The van der Waals surface area contributed by atoms with Crippen LogP contribution in [0.5, 0.6) is 5.75 Å². The summed E-state index contributed by atoms with van der Waals surface area (Å²) in [5.74, 6) is 0.466. The number of hydrogen-bond donors (Lipinski definition) is 2. The Balaban J connectivity index is 1.62. The molecular formula is C19H18F3NO3. The van der Waals surface area contributed by atoms with Crippen LogP contribution >= 0.6 is 0 Å². The van der Waals surface area contributed by atoms with Crippen LogP contribution in [0.1, 0.15) is 23.1 Å². The molecule has 2 aromatic rings. The lowest BCUT2D eigenvalue weighted by molar-refractivity contribution is -0.138. The molecule has 3 rings (SSSR count). The molecule has 0 aliphatic carbocycles. The Morgan fingerprint density at radius 3 is 2.69 bits per heavy atom. The van der Waals surface area contributed by atoms with Crippen molar-refractivity contribution in [2.24, 2.45) is 0 Å². The molecule has 1 amide bonds. The summed E-state index contributed by atoms with van der Waals surface area (Å²) in [5, 5.41) is 12.8. The van der Waals surface area contributed by atoms with Gasteiger partial charge in [0.25, 0.3) is 0 Å². The van der Waals surface area contributed by atoms with E-state index in [2.05, 4.69) is 5.32 Å². The Kier molecular flexibility index (Phi) is 5.18. The van der Waals surface area contributed by atoms with Gasteiger partial charge in [0, 0.05) is 18.5 Å². The van der Waals surface area contributed by atoms with E-state index < -0.39 is 17.8 Å². The third-order valence-corrected chi connectivity index (χ3v) is 4.19. The molecule has 4 nitrogen and oxygen atoms in total. The maximum absolute atomic E-state index is 13.0. The molecule has 0 saturated carbocycles. The number of benzene rings is 2. The molecule has 0 radical (unpaired) electrons. The Morgan fingerprint density at radius 1 is 1.15 bits per heavy atom. The zero-order valence-electron chi connectivity index (χ0n) is 13.8. The standard InChI is InChI=1S/C19H18F3NO3/c20-19(21,22)16-4-2-1-3-12(16)9-14(24)11-26-15-6-7-17-13(10-15)5-8-18(25)23-17/h1-4,6-7,10,14,24H,5,8-9,11H2,(H,23,25). The van der Waals surface area contributed by atoms with Crippen LogP contribution in [0, 0.1) is 0 Å². The van der Waals surface area contributed by atoms with Crippen molar-refractivity contribution in [3.05, 3.63) is 59.2 Å². The molecule has 1 heterocycles. The number of halogens is 3. The smallest absolute Gasteiger partial charge is 0.416 e. The second kappa shape index (κ2) is 7.37. The summed E-state index contributed by atoms with van der Waals surface area (Å²) >= 11 is 0. The first-order chi connectivity index (χ1) is 12.3. The van der Waals surface area contributed by atoms with Crippen molar-refractivity contribution < 1.29 is 27.8 Å². The Labute approximate surface area is 148 Å². The number of amides is 1. The summed E-state index contributed by atoms with van der Waals surface area (Å²) in [4.78, 5) is 11.3. The number of nitrogens with one attached hydrogen (secondary N) is 1. The lowest BCUT2D eigenvalue weighted by Crippen LogP contribution is -2.22. The number of carbonyl (C=O) groups excluding carboxylic acids is 1. The molecule has 26 heavy (non-hydrogen) atoms. The van der Waals surface area contributed by atoms with E-state index in [9.17, 15) is 23.1 Å². The van der Waals surface area contributed by atoms with Crippen molar-refractivity contribution in [1.29, 1.82) is 0 Å². The van der Waals surface area contributed by atoms with Gasteiger partial charge in [-0.15, -0.1) is 0 Å². The van der Waals surface area contributed by atoms with Crippen molar-refractivity contribution in [1.82, 2.24) is 0 Å². The van der Waals surface area contributed by atoms with E-state index in [0.717, 1.165) is 17.3 Å².